The Bertz CT molecular complexity index is 508. The Labute approximate surface area is 186 Å². The van der Waals surface area contributed by atoms with Crippen molar-refractivity contribution in [1.82, 2.24) is 24.6 Å². The van der Waals surface area contributed by atoms with Crippen molar-refractivity contribution < 1.29 is 29.5 Å². The fourth-order valence-electron chi connectivity index (χ4n) is 3.71. The third kappa shape index (κ3) is 8.55. The number of fused-ring (bicyclic) bond motifs is 3. The van der Waals surface area contributed by atoms with E-state index in [0.717, 1.165) is 71.0 Å². The molecule has 3 rings (SSSR count). The smallest absolute Gasteiger partial charge is 1.00 e. The van der Waals surface area contributed by atoms with Crippen molar-refractivity contribution in [2.75, 3.05) is 66.0 Å². The van der Waals surface area contributed by atoms with Crippen LogP contribution in [0, 0.1) is 0 Å². The Morgan fingerprint density at radius 1 is 1.00 bits per heavy atom. The van der Waals surface area contributed by atoms with Crippen molar-refractivity contribution in [2.24, 2.45) is 0 Å². The van der Waals surface area contributed by atoms with Gasteiger partial charge in [0, 0.05) is 58.6 Å². The van der Waals surface area contributed by atoms with E-state index in [1.54, 1.807) is 0 Å². The molecular formula is C19H32Cl2MnN5. The Morgan fingerprint density at radius 2 is 1.78 bits per heavy atom. The van der Waals surface area contributed by atoms with Crippen molar-refractivity contribution >= 4 is 11.6 Å². The minimum absolute atomic E-state index is 0. The number of hydrogen-bond acceptors (Lipinski definition) is 5. The molecule has 1 aromatic rings. The summed E-state index contributed by atoms with van der Waals surface area (Å²) in [5, 5.41) is 0. The van der Waals surface area contributed by atoms with E-state index in [1.165, 1.54) is 13.0 Å². The van der Waals surface area contributed by atoms with E-state index < -0.39 is 0 Å². The number of hydrogen-bond donors (Lipinski definition) is 0. The predicted molar refractivity (Wildman–Crippen MR) is 104 cm³/mol. The van der Waals surface area contributed by atoms with Crippen LogP contribution in [0.15, 0.2) is 24.4 Å². The molecular weight excluding hydrogens is 424 g/mol. The van der Waals surface area contributed by atoms with E-state index in [2.05, 4.69) is 43.8 Å². The Morgan fingerprint density at radius 3 is 2.56 bits per heavy atom. The molecule has 2 saturated heterocycles. The zero-order valence-corrected chi connectivity index (χ0v) is 18.9. The molecule has 0 amide bonds. The first-order valence-electron chi connectivity index (χ1n) is 9.62. The van der Waals surface area contributed by atoms with E-state index in [-0.39, 0.29) is 35.0 Å². The average molecular weight is 456 g/mol. The third-order valence-electron chi connectivity index (χ3n) is 5.41. The molecule has 154 valence electrons. The topological polar surface area (TPSA) is 25.9 Å². The first-order chi connectivity index (χ1) is 12.2. The number of rotatable bonds is 2. The largest absolute Gasteiger partial charge is 1.00 e. The number of nitrogens with zero attached hydrogens (tertiary/aromatic N) is 5. The second-order valence-corrected chi connectivity index (χ2v) is 7.86. The van der Waals surface area contributed by atoms with Gasteiger partial charge in [-0.15, -0.1) is 11.6 Å². The van der Waals surface area contributed by atoms with Gasteiger partial charge in [0.2, 0.25) is 0 Å². The molecule has 2 aliphatic rings. The summed E-state index contributed by atoms with van der Waals surface area (Å²) >= 11 is 6.75. The van der Waals surface area contributed by atoms with Gasteiger partial charge in [0.05, 0.1) is 11.2 Å². The maximum absolute atomic E-state index is 6.75. The van der Waals surface area contributed by atoms with Gasteiger partial charge in [-0.1, -0.05) is 6.07 Å². The second kappa shape index (κ2) is 13.3. The SMILES string of the molecule is CN1CCC(Cl)N2CCN(CCCN(Cc3ccccn3)CC2)CC1.[Cl-].[Mn+]. The van der Waals surface area contributed by atoms with E-state index in [9.17, 15) is 0 Å². The molecule has 5 nitrogen and oxygen atoms in total. The fourth-order valence-corrected chi connectivity index (χ4v) is 4.00. The number of aromatic nitrogens is 1. The van der Waals surface area contributed by atoms with Crippen LogP contribution in [-0.2, 0) is 23.6 Å². The van der Waals surface area contributed by atoms with Gasteiger partial charge in [-0.2, -0.15) is 0 Å². The van der Waals surface area contributed by atoms with Crippen LogP contribution in [0.2, 0.25) is 0 Å². The van der Waals surface area contributed by atoms with Crippen LogP contribution in [0.1, 0.15) is 18.5 Å². The van der Waals surface area contributed by atoms with Gasteiger partial charge in [-0.25, -0.2) is 0 Å². The van der Waals surface area contributed by atoms with Crippen LogP contribution in [0.5, 0.6) is 0 Å². The Balaban J connectivity index is 0.00000182. The van der Waals surface area contributed by atoms with Gasteiger partial charge >= 0.3 is 17.1 Å². The molecule has 3 atom stereocenters. The average Bonchev–Trinajstić information content (AvgIpc) is 2.63. The Kier molecular flexibility index (Phi) is 12.4. The van der Waals surface area contributed by atoms with E-state index in [4.69, 9.17) is 11.6 Å². The first kappa shape index (κ1) is 25.1. The zero-order valence-electron chi connectivity index (χ0n) is 16.2. The Hall–Kier alpha value is 0.0895. The van der Waals surface area contributed by atoms with E-state index in [1.807, 2.05) is 12.3 Å². The molecule has 1 aromatic heterocycles. The van der Waals surface area contributed by atoms with Gasteiger partial charge in [0.15, 0.2) is 0 Å². The van der Waals surface area contributed by atoms with Crippen molar-refractivity contribution in [3.05, 3.63) is 30.1 Å². The normalized spacial score (nSPS) is 28.6. The summed E-state index contributed by atoms with van der Waals surface area (Å²) < 4.78 is 0. The molecule has 27 heavy (non-hydrogen) atoms. The van der Waals surface area contributed by atoms with Crippen molar-refractivity contribution in [1.29, 1.82) is 0 Å². The zero-order chi connectivity index (χ0) is 17.5. The van der Waals surface area contributed by atoms with Crippen LogP contribution in [0.4, 0.5) is 0 Å². The monoisotopic (exact) mass is 455 g/mol. The van der Waals surface area contributed by atoms with Gasteiger partial charge < -0.3 is 22.2 Å². The maximum atomic E-state index is 6.75. The van der Waals surface area contributed by atoms with Gasteiger partial charge in [-0.05, 0) is 45.1 Å². The minimum atomic E-state index is 0. The van der Waals surface area contributed by atoms with E-state index in [0.29, 0.717) is 0 Å². The van der Waals surface area contributed by atoms with Crippen LogP contribution in [-0.4, -0.2) is 96.0 Å². The first-order valence-corrected chi connectivity index (χ1v) is 10.1. The summed E-state index contributed by atoms with van der Waals surface area (Å²) in [5.74, 6) is 0. The number of alkyl halides is 1. The molecule has 0 aromatic carbocycles. The summed E-state index contributed by atoms with van der Waals surface area (Å²) in [5.41, 5.74) is 1.30. The molecule has 2 bridgehead atoms. The molecule has 8 heteroatoms. The molecule has 0 aliphatic carbocycles. The van der Waals surface area contributed by atoms with Gasteiger partial charge in [0.25, 0.3) is 0 Å². The maximum Gasteiger partial charge on any atom is 1.00 e. The fraction of sp³-hybridized carbons (Fsp3) is 0.737. The van der Waals surface area contributed by atoms with Crippen LogP contribution in [0.3, 0.4) is 0 Å². The summed E-state index contributed by atoms with van der Waals surface area (Å²) in [4.78, 5) is 14.6. The molecule has 0 radical (unpaired) electrons. The standard InChI is InChI=1S/C19H32ClN5.ClH.Mn/c1-22-10-6-19(20)25-15-13-23(12-11-22)8-4-9-24(14-16-25)17-18-5-2-3-7-21-18;;/h2-3,5,7,19H,4,6,8-17H2,1H3;1H;/q;;+1/p-1. The van der Waals surface area contributed by atoms with Crippen molar-refractivity contribution in [2.45, 2.75) is 24.9 Å². The van der Waals surface area contributed by atoms with Crippen molar-refractivity contribution in [3.63, 3.8) is 0 Å². The summed E-state index contributed by atoms with van der Waals surface area (Å²) in [6.07, 6.45) is 4.15. The summed E-state index contributed by atoms with van der Waals surface area (Å²) in [6, 6.07) is 6.19. The van der Waals surface area contributed by atoms with Crippen LogP contribution in [0.25, 0.3) is 0 Å². The minimum Gasteiger partial charge on any atom is -1.00 e. The number of likely N-dealkylation sites (N-methyl/N-ethyl adjacent to an activating group) is 1. The molecule has 3 unspecified atom stereocenters. The third-order valence-corrected chi connectivity index (χ3v) is 5.90. The molecule has 2 aliphatic heterocycles. The van der Waals surface area contributed by atoms with Crippen molar-refractivity contribution in [3.8, 4) is 0 Å². The summed E-state index contributed by atoms with van der Waals surface area (Å²) in [6.45, 7) is 10.9. The predicted octanol–water partition coefficient (Wildman–Crippen LogP) is -1.21. The molecule has 2 fully saturated rings. The van der Waals surface area contributed by atoms with E-state index >= 15 is 0 Å². The second-order valence-electron chi connectivity index (χ2n) is 7.35. The summed E-state index contributed by atoms with van der Waals surface area (Å²) in [7, 11) is 2.22. The molecule has 3 heterocycles. The quantitative estimate of drug-likeness (QED) is 0.317. The van der Waals surface area contributed by atoms with Crippen LogP contribution < -0.4 is 12.4 Å². The number of halogens is 2. The molecule has 0 saturated carbocycles. The molecule has 0 N–H and O–H groups in total. The molecule has 0 spiro atoms. The number of pyridine rings is 1. The van der Waals surface area contributed by atoms with Crippen LogP contribution >= 0.6 is 11.6 Å². The van der Waals surface area contributed by atoms with Gasteiger partial charge in [0.1, 0.15) is 0 Å². The van der Waals surface area contributed by atoms with Gasteiger partial charge in [-0.3, -0.25) is 14.8 Å².